The second-order valence-electron chi connectivity index (χ2n) is 8.03. The van der Waals surface area contributed by atoms with Crippen LogP contribution in [0.5, 0.6) is 5.75 Å². The summed E-state index contributed by atoms with van der Waals surface area (Å²) in [6, 6.07) is 9.93. The minimum Gasteiger partial charge on any atom is -0.494 e. The van der Waals surface area contributed by atoms with Gasteiger partial charge in [-0.2, -0.15) is 5.26 Å². The zero-order valence-electron chi connectivity index (χ0n) is 19.5. The first-order valence-electron chi connectivity index (χ1n) is 11.5. The van der Waals surface area contributed by atoms with E-state index in [1.54, 1.807) is 17.4 Å². The molecule has 4 rings (SSSR count). The maximum absolute atomic E-state index is 12.6. The number of hydrogen-bond acceptors (Lipinski definition) is 7. The highest BCUT2D eigenvalue weighted by Gasteiger charge is 2.28. The Morgan fingerprint density at radius 1 is 1.34 bits per heavy atom. The SMILES string of the molecule is CCOc1cccc(CCC(=O)Nc2sc3c(c2C#N)CCN(C(=O)OCCn2ccnc2)C3)c1. The predicted molar refractivity (Wildman–Crippen MR) is 131 cm³/mol. The van der Waals surface area contributed by atoms with Crippen molar-refractivity contribution in [3.05, 3.63) is 64.6 Å². The highest BCUT2D eigenvalue weighted by molar-refractivity contribution is 7.16. The summed E-state index contributed by atoms with van der Waals surface area (Å²) < 4.78 is 12.7. The summed E-state index contributed by atoms with van der Waals surface area (Å²) in [7, 11) is 0. The molecule has 2 aromatic heterocycles. The van der Waals surface area contributed by atoms with E-state index in [4.69, 9.17) is 9.47 Å². The van der Waals surface area contributed by atoms with E-state index >= 15 is 0 Å². The molecule has 3 heterocycles. The van der Waals surface area contributed by atoms with E-state index in [0.717, 1.165) is 21.8 Å². The number of nitriles is 1. The topological polar surface area (TPSA) is 109 Å². The van der Waals surface area contributed by atoms with Crippen LogP contribution in [0.1, 0.15) is 34.9 Å². The van der Waals surface area contributed by atoms with Crippen LogP contribution < -0.4 is 10.1 Å². The van der Waals surface area contributed by atoms with Crippen LogP contribution in [0.4, 0.5) is 9.80 Å². The minimum absolute atomic E-state index is 0.155. The molecule has 182 valence electrons. The molecule has 9 nitrogen and oxygen atoms in total. The first kappa shape index (κ1) is 24.3. The number of thiophene rings is 1. The number of rotatable bonds is 9. The molecule has 1 N–H and O–H groups in total. The lowest BCUT2D eigenvalue weighted by Crippen LogP contribution is -2.36. The Hall–Kier alpha value is -3.84. The number of carbonyl (C=O) groups excluding carboxylic acids is 2. The van der Waals surface area contributed by atoms with E-state index in [-0.39, 0.29) is 18.6 Å². The molecule has 35 heavy (non-hydrogen) atoms. The highest BCUT2D eigenvalue weighted by atomic mass is 32.1. The van der Waals surface area contributed by atoms with Crippen molar-refractivity contribution >= 4 is 28.3 Å². The zero-order valence-corrected chi connectivity index (χ0v) is 20.3. The number of aromatic nitrogens is 2. The van der Waals surface area contributed by atoms with Crippen molar-refractivity contribution in [3.63, 3.8) is 0 Å². The first-order valence-corrected chi connectivity index (χ1v) is 12.3. The fourth-order valence-electron chi connectivity index (χ4n) is 3.92. The summed E-state index contributed by atoms with van der Waals surface area (Å²) in [4.78, 5) is 31.6. The molecule has 0 atom stereocenters. The molecule has 0 bridgehead atoms. The van der Waals surface area contributed by atoms with Crippen molar-refractivity contribution in [1.29, 1.82) is 5.26 Å². The molecular formula is C25H27N5O4S. The molecule has 1 aromatic carbocycles. The van der Waals surface area contributed by atoms with Gasteiger partial charge in [0.15, 0.2) is 0 Å². The average Bonchev–Trinajstić information content (AvgIpc) is 3.50. The molecular weight excluding hydrogens is 466 g/mol. The van der Waals surface area contributed by atoms with Gasteiger partial charge < -0.3 is 24.3 Å². The van der Waals surface area contributed by atoms with Crippen LogP contribution in [0.15, 0.2) is 43.0 Å². The van der Waals surface area contributed by atoms with Gasteiger partial charge in [-0.1, -0.05) is 12.1 Å². The van der Waals surface area contributed by atoms with E-state index in [2.05, 4.69) is 16.4 Å². The van der Waals surface area contributed by atoms with Gasteiger partial charge in [0, 0.05) is 30.2 Å². The molecule has 0 fully saturated rings. The molecule has 1 aliphatic rings. The Kier molecular flexibility index (Phi) is 8.00. The summed E-state index contributed by atoms with van der Waals surface area (Å²) in [5.74, 6) is 0.630. The van der Waals surface area contributed by atoms with Crippen LogP contribution in [-0.2, 0) is 35.5 Å². The van der Waals surface area contributed by atoms with Gasteiger partial charge in [-0.3, -0.25) is 4.79 Å². The van der Waals surface area contributed by atoms with Gasteiger partial charge >= 0.3 is 6.09 Å². The van der Waals surface area contributed by atoms with Gasteiger partial charge in [0.1, 0.15) is 23.4 Å². The third-order valence-electron chi connectivity index (χ3n) is 5.66. The lowest BCUT2D eigenvalue weighted by Gasteiger charge is -2.26. The molecule has 0 aliphatic carbocycles. The normalized spacial score (nSPS) is 12.5. The number of imidazole rings is 1. The quantitative estimate of drug-likeness (QED) is 0.483. The second-order valence-corrected chi connectivity index (χ2v) is 9.14. The molecule has 3 aromatic rings. The number of nitrogens with one attached hydrogen (secondary N) is 1. The number of benzene rings is 1. The van der Waals surface area contributed by atoms with Gasteiger partial charge in [0.2, 0.25) is 5.91 Å². The van der Waals surface area contributed by atoms with Crippen LogP contribution in [0, 0.1) is 11.3 Å². The largest absolute Gasteiger partial charge is 0.494 e. The third-order valence-corrected chi connectivity index (χ3v) is 6.80. The van der Waals surface area contributed by atoms with E-state index in [1.165, 1.54) is 11.3 Å². The Morgan fingerprint density at radius 3 is 3.00 bits per heavy atom. The van der Waals surface area contributed by atoms with E-state index in [0.29, 0.717) is 56.1 Å². The fourth-order valence-corrected chi connectivity index (χ4v) is 5.15. The number of carbonyl (C=O) groups is 2. The van der Waals surface area contributed by atoms with E-state index in [1.807, 2.05) is 42.0 Å². The Morgan fingerprint density at radius 2 is 2.23 bits per heavy atom. The van der Waals surface area contributed by atoms with Crippen LogP contribution in [0.2, 0.25) is 0 Å². The maximum Gasteiger partial charge on any atom is 0.410 e. The van der Waals surface area contributed by atoms with Crippen molar-refractivity contribution in [2.24, 2.45) is 0 Å². The molecule has 0 unspecified atom stereocenters. The van der Waals surface area contributed by atoms with Gasteiger partial charge in [-0.15, -0.1) is 11.3 Å². The van der Waals surface area contributed by atoms with Crippen molar-refractivity contribution in [1.82, 2.24) is 14.5 Å². The zero-order chi connectivity index (χ0) is 24.6. The summed E-state index contributed by atoms with van der Waals surface area (Å²) >= 11 is 1.35. The fraction of sp³-hybridized carbons (Fsp3) is 0.360. The third kappa shape index (κ3) is 6.19. The predicted octanol–water partition coefficient (Wildman–Crippen LogP) is 3.98. The number of anilines is 1. The summed E-state index contributed by atoms with van der Waals surface area (Å²) in [6.45, 7) is 4.13. The standard InChI is InChI=1S/C25H27N5O4S/c1-2-33-19-5-3-4-18(14-19)6-7-23(31)28-24-21(15-26)20-8-10-30(16-22(20)35-24)25(32)34-13-12-29-11-9-27-17-29/h3-5,9,11,14,17H,2,6-8,10,12-13,16H2,1H3,(H,28,31). The van der Waals surface area contributed by atoms with E-state index in [9.17, 15) is 14.9 Å². The van der Waals surface area contributed by atoms with Crippen LogP contribution in [-0.4, -0.2) is 46.2 Å². The van der Waals surface area contributed by atoms with Crippen LogP contribution in [0.3, 0.4) is 0 Å². The van der Waals surface area contributed by atoms with Crippen molar-refractivity contribution in [2.75, 3.05) is 25.1 Å². The molecule has 0 spiro atoms. The molecule has 1 aliphatic heterocycles. The van der Waals surface area contributed by atoms with Crippen LogP contribution >= 0.6 is 11.3 Å². The lowest BCUT2D eigenvalue weighted by atomic mass is 10.0. The van der Waals surface area contributed by atoms with Gasteiger partial charge in [0.25, 0.3) is 0 Å². The van der Waals surface area contributed by atoms with Gasteiger partial charge in [0.05, 0.1) is 31.6 Å². The second kappa shape index (κ2) is 11.5. The van der Waals surface area contributed by atoms with Crippen molar-refractivity contribution < 1.29 is 19.1 Å². The number of ether oxygens (including phenoxy) is 2. The van der Waals surface area contributed by atoms with Gasteiger partial charge in [-0.25, -0.2) is 9.78 Å². The average molecular weight is 494 g/mol. The summed E-state index contributed by atoms with van der Waals surface area (Å²) in [5.41, 5.74) is 2.41. The number of amides is 2. The summed E-state index contributed by atoms with van der Waals surface area (Å²) in [5, 5.41) is 13.2. The molecule has 0 saturated carbocycles. The van der Waals surface area contributed by atoms with Crippen molar-refractivity contribution in [2.45, 2.75) is 39.3 Å². The number of aryl methyl sites for hydroxylation is 1. The number of fused-ring (bicyclic) bond motifs is 1. The molecule has 2 amide bonds. The minimum atomic E-state index is -0.387. The monoisotopic (exact) mass is 493 g/mol. The summed E-state index contributed by atoms with van der Waals surface area (Å²) in [6.07, 6.45) is 6.17. The molecule has 0 saturated heterocycles. The van der Waals surface area contributed by atoms with E-state index < -0.39 is 0 Å². The molecule has 10 heteroatoms. The smallest absolute Gasteiger partial charge is 0.410 e. The Bertz CT molecular complexity index is 1220. The molecule has 0 radical (unpaired) electrons. The highest BCUT2D eigenvalue weighted by Crippen LogP contribution is 2.37. The maximum atomic E-state index is 12.6. The number of nitrogens with zero attached hydrogens (tertiary/aromatic N) is 4. The van der Waals surface area contributed by atoms with Gasteiger partial charge in [-0.05, 0) is 43.0 Å². The first-order chi connectivity index (χ1) is 17.1. The number of hydrogen-bond donors (Lipinski definition) is 1. The van der Waals surface area contributed by atoms with Crippen molar-refractivity contribution in [3.8, 4) is 11.8 Å². The Balaban J connectivity index is 1.33. The van der Waals surface area contributed by atoms with Crippen LogP contribution in [0.25, 0.3) is 0 Å². The lowest BCUT2D eigenvalue weighted by molar-refractivity contribution is -0.116. The Labute approximate surface area is 207 Å².